The summed E-state index contributed by atoms with van der Waals surface area (Å²) < 4.78 is 0. The molecule has 3 rings (SSSR count). The van der Waals surface area contributed by atoms with Gasteiger partial charge in [0, 0.05) is 32.2 Å². The lowest BCUT2D eigenvalue weighted by atomic mass is 10.1. The van der Waals surface area contributed by atoms with Crippen molar-refractivity contribution in [2.75, 3.05) is 35.7 Å². The predicted octanol–water partition coefficient (Wildman–Crippen LogP) is 1.88. The van der Waals surface area contributed by atoms with Crippen LogP contribution in [0.3, 0.4) is 0 Å². The second kappa shape index (κ2) is 7.30. The summed E-state index contributed by atoms with van der Waals surface area (Å²) >= 11 is 0. The Morgan fingerprint density at radius 1 is 1.32 bits per heavy atom. The molecule has 1 aliphatic heterocycles. The van der Waals surface area contributed by atoms with Crippen LogP contribution in [0, 0.1) is 25.2 Å². The molecule has 2 aromatic rings. The Bertz CT molecular complexity index is 798. The van der Waals surface area contributed by atoms with E-state index in [1.165, 1.54) is 0 Å². The zero-order valence-electron chi connectivity index (χ0n) is 14.7. The molecule has 8 heteroatoms. The van der Waals surface area contributed by atoms with Gasteiger partial charge in [0.2, 0.25) is 0 Å². The Hall–Kier alpha value is -2.95. The minimum atomic E-state index is 0.287. The van der Waals surface area contributed by atoms with Crippen molar-refractivity contribution in [2.45, 2.75) is 32.7 Å². The molecule has 130 valence electrons. The maximum Gasteiger partial charge on any atom is 0.167 e. The summed E-state index contributed by atoms with van der Waals surface area (Å²) in [6.45, 7) is 5.40. The molecule has 25 heavy (non-hydrogen) atoms. The number of nitrogens with one attached hydrogen (secondary N) is 2. The van der Waals surface area contributed by atoms with Crippen molar-refractivity contribution in [3.63, 3.8) is 0 Å². The number of hydrogen-bond acceptors (Lipinski definition) is 8. The molecular weight excluding hydrogens is 316 g/mol. The van der Waals surface area contributed by atoms with Crippen molar-refractivity contribution in [1.82, 2.24) is 20.2 Å². The van der Waals surface area contributed by atoms with E-state index in [1.54, 1.807) is 6.33 Å². The van der Waals surface area contributed by atoms with Gasteiger partial charge in [0.15, 0.2) is 5.82 Å². The average Bonchev–Trinajstić information content (AvgIpc) is 3.11. The van der Waals surface area contributed by atoms with E-state index >= 15 is 0 Å². The summed E-state index contributed by atoms with van der Waals surface area (Å²) in [4.78, 5) is 10.8. The Kier molecular flexibility index (Phi) is 4.93. The zero-order valence-corrected chi connectivity index (χ0v) is 14.7. The van der Waals surface area contributed by atoms with Gasteiger partial charge < -0.3 is 15.5 Å². The van der Waals surface area contributed by atoms with E-state index in [4.69, 9.17) is 0 Å². The third-order valence-corrected chi connectivity index (χ3v) is 4.65. The Morgan fingerprint density at radius 2 is 2.16 bits per heavy atom. The molecule has 0 bridgehead atoms. The molecule has 3 heterocycles. The minimum Gasteiger partial charge on any atom is -0.373 e. The first-order chi connectivity index (χ1) is 12.1. The number of nitriles is 1. The molecule has 1 atom stereocenters. The van der Waals surface area contributed by atoms with Gasteiger partial charge in [-0.3, -0.25) is 0 Å². The smallest absolute Gasteiger partial charge is 0.167 e. The molecular formula is C17H22N8. The van der Waals surface area contributed by atoms with Crippen LogP contribution in [0.2, 0.25) is 0 Å². The van der Waals surface area contributed by atoms with Crippen LogP contribution in [0.5, 0.6) is 0 Å². The summed E-state index contributed by atoms with van der Waals surface area (Å²) in [6.07, 6.45) is 3.74. The molecule has 2 aromatic heterocycles. The Balaban J connectivity index is 1.75. The lowest BCUT2D eigenvalue weighted by molar-refractivity contribution is 0.687. The van der Waals surface area contributed by atoms with Crippen LogP contribution in [0.1, 0.15) is 29.7 Å². The highest BCUT2D eigenvalue weighted by molar-refractivity contribution is 5.56. The van der Waals surface area contributed by atoms with Gasteiger partial charge in [-0.1, -0.05) is 0 Å². The fourth-order valence-electron chi connectivity index (χ4n) is 3.07. The second-order valence-electron chi connectivity index (χ2n) is 6.13. The zero-order chi connectivity index (χ0) is 17.8. The topological polar surface area (TPSA) is 103 Å². The van der Waals surface area contributed by atoms with E-state index in [0.29, 0.717) is 17.9 Å². The van der Waals surface area contributed by atoms with Crippen LogP contribution < -0.4 is 15.5 Å². The summed E-state index contributed by atoms with van der Waals surface area (Å²) in [5.41, 5.74) is 2.22. The third kappa shape index (κ3) is 3.45. The quantitative estimate of drug-likeness (QED) is 0.852. The molecule has 8 nitrogen and oxygen atoms in total. The van der Waals surface area contributed by atoms with Crippen molar-refractivity contribution < 1.29 is 0 Å². The predicted molar refractivity (Wildman–Crippen MR) is 96.7 cm³/mol. The van der Waals surface area contributed by atoms with Crippen molar-refractivity contribution in [3.05, 3.63) is 29.2 Å². The standard InChI is InChI=1S/C17H22N8/c1-11-12(2)23-24-17(14(11)8-18)20-9-13-5-4-6-25(13)16-7-15(19-3)21-10-22-16/h7,10,13H,4-6,9H2,1-3H3,(H,20,24)(H,19,21,22)/t13-/m0/s1. The van der Waals surface area contributed by atoms with Crippen molar-refractivity contribution >= 4 is 17.5 Å². The van der Waals surface area contributed by atoms with E-state index in [9.17, 15) is 5.26 Å². The maximum absolute atomic E-state index is 9.41. The molecule has 0 amide bonds. The maximum atomic E-state index is 9.41. The van der Waals surface area contributed by atoms with Crippen LogP contribution in [0.25, 0.3) is 0 Å². The first-order valence-corrected chi connectivity index (χ1v) is 8.38. The van der Waals surface area contributed by atoms with E-state index in [-0.39, 0.29) is 6.04 Å². The van der Waals surface area contributed by atoms with Crippen LogP contribution >= 0.6 is 0 Å². The van der Waals surface area contributed by atoms with Crippen molar-refractivity contribution in [3.8, 4) is 6.07 Å². The number of anilines is 3. The molecule has 0 saturated carbocycles. The van der Waals surface area contributed by atoms with Crippen molar-refractivity contribution in [2.24, 2.45) is 0 Å². The molecule has 0 aromatic carbocycles. The first kappa shape index (κ1) is 16.9. The first-order valence-electron chi connectivity index (χ1n) is 8.38. The van der Waals surface area contributed by atoms with Gasteiger partial charge >= 0.3 is 0 Å². The fourth-order valence-corrected chi connectivity index (χ4v) is 3.07. The van der Waals surface area contributed by atoms with Crippen molar-refractivity contribution in [1.29, 1.82) is 5.26 Å². The summed E-state index contributed by atoms with van der Waals surface area (Å²) in [7, 11) is 1.84. The molecule has 0 aliphatic carbocycles. The van der Waals surface area contributed by atoms with E-state index in [0.717, 1.165) is 42.3 Å². The lowest BCUT2D eigenvalue weighted by Crippen LogP contribution is -2.36. The van der Waals surface area contributed by atoms with Gasteiger partial charge in [-0.15, -0.1) is 5.10 Å². The summed E-state index contributed by atoms with van der Waals surface area (Å²) in [5.74, 6) is 2.27. The number of nitrogens with zero attached hydrogens (tertiary/aromatic N) is 6. The molecule has 2 N–H and O–H groups in total. The lowest BCUT2D eigenvalue weighted by Gasteiger charge is -2.26. The highest BCUT2D eigenvalue weighted by Gasteiger charge is 2.26. The average molecular weight is 338 g/mol. The Labute approximate surface area is 147 Å². The van der Waals surface area contributed by atoms with Crippen LogP contribution in [0.15, 0.2) is 12.4 Å². The molecule has 1 fully saturated rings. The van der Waals surface area contributed by atoms with Gasteiger partial charge in [0.1, 0.15) is 29.6 Å². The number of aryl methyl sites for hydroxylation is 1. The number of rotatable bonds is 5. The molecule has 0 radical (unpaired) electrons. The fraction of sp³-hybridized carbons (Fsp3) is 0.471. The molecule has 0 spiro atoms. The third-order valence-electron chi connectivity index (χ3n) is 4.65. The van der Waals surface area contributed by atoms with E-state index in [2.05, 4.69) is 41.8 Å². The summed E-state index contributed by atoms with van der Waals surface area (Å²) in [6, 6.07) is 4.47. The molecule has 0 unspecified atom stereocenters. The van der Waals surface area contributed by atoms with Crippen LogP contribution in [0.4, 0.5) is 17.5 Å². The van der Waals surface area contributed by atoms with Gasteiger partial charge in [-0.25, -0.2) is 9.97 Å². The van der Waals surface area contributed by atoms with Gasteiger partial charge in [-0.2, -0.15) is 10.4 Å². The van der Waals surface area contributed by atoms with Gasteiger partial charge in [0.05, 0.1) is 5.69 Å². The molecule has 1 aliphatic rings. The minimum absolute atomic E-state index is 0.287. The van der Waals surface area contributed by atoms with Gasteiger partial charge in [0.25, 0.3) is 0 Å². The number of hydrogen-bond donors (Lipinski definition) is 2. The Morgan fingerprint density at radius 3 is 2.92 bits per heavy atom. The number of aromatic nitrogens is 4. The van der Waals surface area contributed by atoms with Crippen LogP contribution in [-0.4, -0.2) is 46.3 Å². The van der Waals surface area contributed by atoms with Crippen LogP contribution in [-0.2, 0) is 0 Å². The van der Waals surface area contributed by atoms with E-state index < -0.39 is 0 Å². The van der Waals surface area contributed by atoms with E-state index in [1.807, 2.05) is 27.0 Å². The monoisotopic (exact) mass is 338 g/mol. The highest BCUT2D eigenvalue weighted by Crippen LogP contribution is 2.25. The SMILES string of the molecule is CNc1cc(N2CCC[C@H]2CNc2nnc(C)c(C)c2C#N)ncn1. The highest BCUT2D eigenvalue weighted by atomic mass is 15.3. The molecule has 1 saturated heterocycles. The largest absolute Gasteiger partial charge is 0.373 e. The van der Waals surface area contributed by atoms with Gasteiger partial charge in [-0.05, 0) is 32.3 Å². The normalized spacial score (nSPS) is 16.6. The second-order valence-corrected chi connectivity index (χ2v) is 6.13. The summed E-state index contributed by atoms with van der Waals surface area (Å²) in [5, 5.41) is 24.0.